The second-order valence-corrected chi connectivity index (χ2v) is 7.09. The smallest absolute Gasteiger partial charge is 0.235 e. The number of halogens is 1. The zero-order chi connectivity index (χ0) is 19.0. The van der Waals surface area contributed by atoms with Gasteiger partial charge in [-0.2, -0.15) is 0 Å². The number of nitrogens with zero attached hydrogens (tertiary/aromatic N) is 2. The molecule has 8 heteroatoms. The zero-order valence-corrected chi connectivity index (χ0v) is 15.2. The van der Waals surface area contributed by atoms with E-state index in [1.54, 1.807) is 35.2 Å². The number of aromatic hydroxyl groups is 1. The summed E-state index contributed by atoms with van der Waals surface area (Å²) in [6.45, 7) is 0. The van der Waals surface area contributed by atoms with Gasteiger partial charge in [-0.3, -0.25) is 9.36 Å². The second-order valence-electron chi connectivity index (χ2n) is 6.00. The molecular weight excluding hydrogens is 369 g/mol. The van der Waals surface area contributed by atoms with E-state index in [0.717, 1.165) is 5.56 Å². The van der Waals surface area contributed by atoms with E-state index in [9.17, 15) is 14.3 Å². The van der Waals surface area contributed by atoms with Gasteiger partial charge in [0.1, 0.15) is 12.1 Å². The molecule has 1 aromatic heterocycles. The minimum atomic E-state index is -0.362. The van der Waals surface area contributed by atoms with Crippen LogP contribution in [0.2, 0.25) is 0 Å². The van der Waals surface area contributed by atoms with Crippen LogP contribution in [0, 0.1) is 5.82 Å². The van der Waals surface area contributed by atoms with Gasteiger partial charge in [-0.15, -0.1) is 11.8 Å². The van der Waals surface area contributed by atoms with Crippen LogP contribution in [0.25, 0.3) is 5.69 Å². The van der Waals surface area contributed by atoms with Crippen molar-refractivity contribution < 1.29 is 19.0 Å². The van der Waals surface area contributed by atoms with Gasteiger partial charge < -0.3 is 15.2 Å². The fourth-order valence-corrected chi connectivity index (χ4v) is 4.18. The molecule has 1 atom stereocenters. The Balaban J connectivity index is 1.87. The number of carbonyl (C=O) groups excluding carboxylic acids is 1. The molecule has 1 unspecified atom stereocenters. The first-order chi connectivity index (χ1) is 13.1. The van der Waals surface area contributed by atoms with Crippen molar-refractivity contribution in [2.45, 2.75) is 5.25 Å². The van der Waals surface area contributed by atoms with Crippen LogP contribution in [-0.4, -0.2) is 33.4 Å². The first-order valence-electron chi connectivity index (χ1n) is 8.18. The van der Waals surface area contributed by atoms with Gasteiger partial charge in [-0.05, 0) is 35.9 Å². The molecule has 6 nitrogen and oxygen atoms in total. The summed E-state index contributed by atoms with van der Waals surface area (Å²) in [5.41, 5.74) is 2.10. The summed E-state index contributed by atoms with van der Waals surface area (Å²) in [4.78, 5) is 16.4. The largest absolute Gasteiger partial charge is 0.504 e. The number of fused-ring (bicyclic) bond motifs is 1. The molecule has 0 spiro atoms. The minimum absolute atomic E-state index is 0.0116. The van der Waals surface area contributed by atoms with Gasteiger partial charge >= 0.3 is 0 Å². The van der Waals surface area contributed by atoms with Crippen molar-refractivity contribution in [1.82, 2.24) is 9.55 Å². The molecule has 0 bridgehead atoms. The molecule has 0 fully saturated rings. The summed E-state index contributed by atoms with van der Waals surface area (Å²) in [6, 6.07) is 11.3. The van der Waals surface area contributed by atoms with Gasteiger partial charge in [0.2, 0.25) is 5.91 Å². The number of hydrogen-bond acceptors (Lipinski definition) is 5. The number of anilines is 1. The van der Waals surface area contributed by atoms with Crippen molar-refractivity contribution in [1.29, 1.82) is 0 Å². The number of nitrogens with one attached hydrogen (secondary N) is 1. The Morgan fingerprint density at radius 2 is 2.19 bits per heavy atom. The Kier molecular flexibility index (Phi) is 4.49. The molecule has 0 radical (unpaired) electrons. The number of phenolic OH excluding ortho intramolecular Hbond substituents is 1. The lowest BCUT2D eigenvalue weighted by Gasteiger charge is -2.19. The van der Waals surface area contributed by atoms with Crippen LogP contribution in [0.4, 0.5) is 10.2 Å². The molecule has 1 aliphatic rings. The van der Waals surface area contributed by atoms with Crippen LogP contribution in [0.15, 0.2) is 48.8 Å². The highest BCUT2D eigenvalue weighted by Gasteiger charge is 2.29. The summed E-state index contributed by atoms with van der Waals surface area (Å²) in [5.74, 6) is 0.513. The third-order valence-corrected chi connectivity index (χ3v) is 5.54. The second kappa shape index (κ2) is 6.96. The van der Waals surface area contributed by atoms with Crippen LogP contribution >= 0.6 is 11.8 Å². The van der Waals surface area contributed by atoms with Crippen molar-refractivity contribution in [3.05, 3.63) is 65.9 Å². The molecule has 0 saturated carbocycles. The highest BCUT2D eigenvalue weighted by molar-refractivity contribution is 8.00. The van der Waals surface area contributed by atoms with Crippen molar-refractivity contribution >= 4 is 23.5 Å². The monoisotopic (exact) mass is 385 g/mol. The fourth-order valence-electron chi connectivity index (χ4n) is 3.07. The van der Waals surface area contributed by atoms with Crippen molar-refractivity contribution in [2.24, 2.45) is 0 Å². The number of aromatic nitrogens is 2. The molecule has 138 valence electrons. The number of methoxy groups -OCH3 is 1. The van der Waals surface area contributed by atoms with E-state index in [1.165, 1.54) is 31.0 Å². The van der Waals surface area contributed by atoms with E-state index in [-0.39, 0.29) is 28.5 Å². The first-order valence-corrected chi connectivity index (χ1v) is 9.23. The van der Waals surface area contributed by atoms with Crippen molar-refractivity contribution in [3.8, 4) is 17.2 Å². The van der Waals surface area contributed by atoms with E-state index in [1.807, 2.05) is 6.07 Å². The molecule has 1 aliphatic heterocycles. The van der Waals surface area contributed by atoms with Crippen LogP contribution in [0.1, 0.15) is 16.5 Å². The van der Waals surface area contributed by atoms with Crippen LogP contribution in [0.5, 0.6) is 11.5 Å². The third-order valence-electron chi connectivity index (χ3n) is 4.28. The van der Waals surface area contributed by atoms with Crippen molar-refractivity contribution in [3.63, 3.8) is 0 Å². The Labute approximate surface area is 159 Å². The molecule has 2 heterocycles. The Morgan fingerprint density at radius 3 is 2.93 bits per heavy atom. The quantitative estimate of drug-likeness (QED) is 0.722. The molecule has 27 heavy (non-hydrogen) atoms. The van der Waals surface area contributed by atoms with Crippen molar-refractivity contribution in [2.75, 3.05) is 18.2 Å². The van der Waals surface area contributed by atoms with Gasteiger partial charge in [0.15, 0.2) is 17.3 Å². The number of thioether (sulfide) groups is 1. The number of hydrogen-bond donors (Lipinski definition) is 2. The van der Waals surface area contributed by atoms with Crippen LogP contribution in [-0.2, 0) is 4.79 Å². The lowest BCUT2D eigenvalue weighted by molar-refractivity contribution is -0.113. The maximum atomic E-state index is 13.7. The third kappa shape index (κ3) is 3.23. The van der Waals surface area contributed by atoms with Gasteiger partial charge in [0, 0.05) is 5.69 Å². The average Bonchev–Trinajstić information content (AvgIpc) is 2.98. The standard InChI is InChI=1S/C19H16FN3O3S/c1-26-15-6-5-11(7-14(15)24)18-17-19(22-16(25)9-27-18)21-10-23(17)13-4-2-3-12(20)8-13/h2-8,10,18,24H,9H2,1H3,(H,22,25). The number of ether oxygens (including phenoxy) is 1. The molecule has 0 aliphatic carbocycles. The predicted octanol–water partition coefficient (Wildman–Crippen LogP) is 3.50. The van der Waals surface area contributed by atoms with E-state index in [2.05, 4.69) is 10.3 Å². The number of imidazole rings is 1. The lowest BCUT2D eigenvalue weighted by Crippen LogP contribution is -2.12. The van der Waals surface area contributed by atoms with E-state index in [0.29, 0.717) is 22.9 Å². The molecule has 1 amide bonds. The summed E-state index contributed by atoms with van der Waals surface area (Å²) < 4.78 is 20.6. The lowest BCUT2D eigenvalue weighted by atomic mass is 10.1. The van der Waals surface area contributed by atoms with Crippen LogP contribution in [0.3, 0.4) is 0 Å². The zero-order valence-electron chi connectivity index (χ0n) is 14.3. The molecule has 4 rings (SSSR count). The fraction of sp³-hybridized carbons (Fsp3) is 0.158. The Bertz CT molecular complexity index is 1020. The molecule has 0 saturated heterocycles. The topological polar surface area (TPSA) is 76.4 Å². The van der Waals surface area contributed by atoms with Gasteiger partial charge in [0.05, 0.1) is 23.8 Å². The van der Waals surface area contributed by atoms with Gasteiger partial charge in [-0.25, -0.2) is 9.37 Å². The van der Waals surface area contributed by atoms with Gasteiger partial charge in [0.25, 0.3) is 0 Å². The number of amides is 1. The maximum Gasteiger partial charge on any atom is 0.235 e. The summed E-state index contributed by atoms with van der Waals surface area (Å²) in [7, 11) is 1.48. The molecule has 2 N–H and O–H groups in total. The predicted molar refractivity (Wildman–Crippen MR) is 101 cm³/mol. The van der Waals surface area contributed by atoms with E-state index >= 15 is 0 Å². The molecular formula is C19H16FN3O3S. The molecule has 2 aromatic carbocycles. The summed E-state index contributed by atoms with van der Waals surface area (Å²) >= 11 is 1.41. The molecule has 3 aromatic rings. The highest BCUT2D eigenvalue weighted by atomic mass is 32.2. The SMILES string of the molecule is COc1ccc(C2SCC(=O)Nc3ncn(-c4cccc(F)c4)c32)cc1O. The normalized spacial score (nSPS) is 16.4. The number of carbonyl (C=O) groups is 1. The Hall–Kier alpha value is -3.00. The number of benzene rings is 2. The van der Waals surface area contributed by atoms with Crippen LogP contribution < -0.4 is 10.1 Å². The highest BCUT2D eigenvalue weighted by Crippen LogP contribution is 2.43. The number of rotatable bonds is 3. The average molecular weight is 385 g/mol. The first kappa shape index (κ1) is 17.4. The van der Waals surface area contributed by atoms with E-state index in [4.69, 9.17) is 4.74 Å². The maximum absolute atomic E-state index is 13.7. The summed E-state index contributed by atoms with van der Waals surface area (Å²) in [6.07, 6.45) is 1.56. The Morgan fingerprint density at radius 1 is 1.33 bits per heavy atom. The van der Waals surface area contributed by atoms with Gasteiger partial charge in [-0.1, -0.05) is 12.1 Å². The van der Waals surface area contributed by atoms with E-state index < -0.39 is 0 Å². The minimum Gasteiger partial charge on any atom is -0.504 e. The number of phenols is 1. The summed E-state index contributed by atoms with van der Waals surface area (Å²) in [5, 5.41) is 12.7.